The first-order valence-corrected chi connectivity index (χ1v) is 9.12. The van der Waals surface area contributed by atoms with Gasteiger partial charge in [-0.1, -0.05) is 42.1 Å². The summed E-state index contributed by atoms with van der Waals surface area (Å²) >= 11 is 3.47. The van der Waals surface area contributed by atoms with Gasteiger partial charge in [-0.25, -0.2) is 4.98 Å². The van der Waals surface area contributed by atoms with Gasteiger partial charge in [-0.3, -0.25) is 9.36 Å². The Hall–Kier alpha value is -1.72. The summed E-state index contributed by atoms with van der Waals surface area (Å²) in [6.07, 6.45) is 0. The van der Waals surface area contributed by atoms with Crippen LogP contribution in [0.5, 0.6) is 0 Å². The van der Waals surface area contributed by atoms with Crippen LogP contribution in [0, 0.1) is 0 Å². The van der Waals surface area contributed by atoms with Crippen LogP contribution >= 0.6 is 23.5 Å². The Morgan fingerprint density at radius 2 is 1.91 bits per heavy atom. The quantitative estimate of drug-likeness (QED) is 0.541. The molecule has 0 spiro atoms. The lowest BCUT2D eigenvalue weighted by atomic mass is 10.2. The summed E-state index contributed by atoms with van der Waals surface area (Å²) in [4.78, 5) is 18.6. The highest BCUT2D eigenvalue weighted by atomic mass is 32.2. The summed E-state index contributed by atoms with van der Waals surface area (Å²) in [5, 5.41) is 1.56. The molecule has 3 aromatic rings. The summed E-state index contributed by atoms with van der Waals surface area (Å²) in [6, 6.07) is 18.1. The van der Waals surface area contributed by atoms with Gasteiger partial charge in [0, 0.05) is 16.4 Å². The Bertz CT molecular complexity index is 877. The summed E-state index contributed by atoms with van der Waals surface area (Å²) in [7, 11) is 0. The first-order valence-electron chi connectivity index (χ1n) is 7.15. The van der Waals surface area contributed by atoms with E-state index < -0.39 is 0 Å². The van der Waals surface area contributed by atoms with Gasteiger partial charge < -0.3 is 0 Å². The molecule has 0 saturated carbocycles. The number of hydrogen-bond donors (Lipinski definition) is 0. The van der Waals surface area contributed by atoms with Crippen LogP contribution in [0.25, 0.3) is 10.9 Å². The molecule has 0 bridgehead atoms. The van der Waals surface area contributed by atoms with Crippen LogP contribution < -0.4 is 5.56 Å². The SMILES string of the molecule is O=c1c2ccccc2nc2n1[C@H](CSc1ccccc1)CS2. The third-order valence-corrected chi connectivity index (χ3v) is 5.99. The topological polar surface area (TPSA) is 34.9 Å². The van der Waals surface area contributed by atoms with Crippen molar-refractivity contribution in [2.45, 2.75) is 16.1 Å². The molecule has 1 aliphatic heterocycles. The minimum Gasteiger partial charge on any atom is -0.282 e. The maximum atomic E-state index is 12.7. The van der Waals surface area contributed by atoms with E-state index in [2.05, 4.69) is 17.1 Å². The van der Waals surface area contributed by atoms with E-state index in [0.29, 0.717) is 5.39 Å². The molecule has 2 heterocycles. The molecule has 0 N–H and O–H groups in total. The summed E-state index contributed by atoms with van der Waals surface area (Å²) in [5.41, 5.74) is 0.881. The van der Waals surface area contributed by atoms with E-state index in [1.807, 2.05) is 47.0 Å². The number of thioether (sulfide) groups is 2. The molecule has 0 fully saturated rings. The lowest BCUT2D eigenvalue weighted by molar-refractivity contribution is 0.558. The van der Waals surface area contributed by atoms with Gasteiger partial charge in [-0.05, 0) is 24.3 Å². The highest BCUT2D eigenvalue weighted by Crippen LogP contribution is 2.34. The number of fused-ring (bicyclic) bond motifs is 2. The minimum atomic E-state index is 0.0873. The molecular weight excluding hydrogens is 312 g/mol. The standard InChI is InChI=1S/C17H14N2OS2/c20-16-14-8-4-5-9-15(14)18-17-19(16)12(11-22-17)10-21-13-6-2-1-3-7-13/h1-9,12H,10-11H2/t12-/m1/s1. The van der Waals surface area contributed by atoms with Crippen LogP contribution in [0.2, 0.25) is 0 Å². The summed E-state index contributed by atoms with van der Waals surface area (Å²) in [6.45, 7) is 0. The second-order valence-electron chi connectivity index (χ2n) is 5.18. The predicted molar refractivity (Wildman–Crippen MR) is 92.9 cm³/mol. The van der Waals surface area contributed by atoms with Gasteiger partial charge in [0.25, 0.3) is 5.56 Å². The van der Waals surface area contributed by atoms with Crippen molar-refractivity contribution in [2.24, 2.45) is 0 Å². The third-order valence-electron chi connectivity index (χ3n) is 3.73. The average molecular weight is 326 g/mol. The zero-order chi connectivity index (χ0) is 14.9. The van der Waals surface area contributed by atoms with E-state index in [1.165, 1.54) is 4.90 Å². The normalized spacial score (nSPS) is 16.8. The van der Waals surface area contributed by atoms with Crippen LogP contribution in [0.3, 0.4) is 0 Å². The van der Waals surface area contributed by atoms with Crippen LogP contribution in [0.15, 0.2) is 69.4 Å². The van der Waals surface area contributed by atoms with Gasteiger partial charge in [0.2, 0.25) is 0 Å². The van der Waals surface area contributed by atoms with Gasteiger partial charge in [0.05, 0.1) is 16.9 Å². The fourth-order valence-corrected chi connectivity index (χ4v) is 4.92. The molecule has 2 aromatic carbocycles. The van der Waals surface area contributed by atoms with Gasteiger partial charge in [-0.15, -0.1) is 11.8 Å². The minimum absolute atomic E-state index is 0.0873. The van der Waals surface area contributed by atoms with Crippen LogP contribution in [0.1, 0.15) is 6.04 Å². The number of aromatic nitrogens is 2. The van der Waals surface area contributed by atoms with Crippen LogP contribution in [-0.2, 0) is 0 Å². The van der Waals surface area contributed by atoms with Crippen molar-refractivity contribution in [1.82, 2.24) is 9.55 Å². The smallest absolute Gasteiger partial charge is 0.262 e. The van der Waals surface area contributed by atoms with Crippen LogP contribution in [0.4, 0.5) is 0 Å². The molecule has 0 aliphatic carbocycles. The first-order chi connectivity index (χ1) is 10.8. The fourth-order valence-electron chi connectivity index (χ4n) is 2.63. The average Bonchev–Trinajstić information content (AvgIpc) is 2.97. The Labute approximate surface area is 136 Å². The first kappa shape index (κ1) is 13.9. The fraction of sp³-hybridized carbons (Fsp3) is 0.176. The van der Waals surface area contributed by atoms with Crippen molar-refractivity contribution in [2.75, 3.05) is 11.5 Å². The number of para-hydroxylation sites is 1. The van der Waals surface area contributed by atoms with E-state index in [9.17, 15) is 4.79 Å². The number of benzene rings is 2. The third kappa shape index (κ3) is 2.44. The van der Waals surface area contributed by atoms with Gasteiger partial charge >= 0.3 is 0 Å². The largest absolute Gasteiger partial charge is 0.282 e. The van der Waals surface area contributed by atoms with Crippen molar-refractivity contribution in [3.63, 3.8) is 0 Å². The van der Waals surface area contributed by atoms with E-state index in [1.54, 1.807) is 23.5 Å². The molecule has 1 aromatic heterocycles. The van der Waals surface area contributed by atoms with Gasteiger partial charge in [0.1, 0.15) is 0 Å². The molecule has 0 amide bonds. The highest BCUT2D eigenvalue weighted by Gasteiger charge is 2.26. The Morgan fingerprint density at radius 1 is 1.14 bits per heavy atom. The molecule has 1 aliphatic rings. The van der Waals surface area contributed by atoms with E-state index >= 15 is 0 Å². The zero-order valence-electron chi connectivity index (χ0n) is 11.8. The monoisotopic (exact) mass is 326 g/mol. The maximum Gasteiger partial charge on any atom is 0.262 e. The molecule has 0 unspecified atom stereocenters. The van der Waals surface area contributed by atoms with Crippen LogP contribution in [-0.4, -0.2) is 21.1 Å². The van der Waals surface area contributed by atoms with E-state index in [-0.39, 0.29) is 11.6 Å². The molecule has 110 valence electrons. The summed E-state index contributed by atoms with van der Waals surface area (Å²) in [5.74, 6) is 1.81. The second-order valence-corrected chi connectivity index (χ2v) is 7.26. The Kier molecular flexibility index (Phi) is 3.68. The van der Waals surface area contributed by atoms with E-state index in [4.69, 9.17) is 0 Å². The van der Waals surface area contributed by atoms with Crippen molar-refractivity contribution < 1.29 is 0 Å². The molecule has 0 radical (unpaired) electrons. The second kappa shape index (κ2) is 5.82. The zero-order valence-corrected chi connectivity index (χ0v) is 13.4. The Balaban J connectivity index is 1.67. The maximum absolute atomic E-state index is 12.7. The van der Waals surface area contributed by atoms with Crippen molar-refractivity contribution >= 4 is 34.4 Å². The van der Waals surface area contributed by atoms with Gasteiger partial charge in [0.15, 0.2) is 5.16 Å². The molecule has 4 rings (SSSR count). The molecule has 22 heavy (non-hydrogen) atoms. The van der Waals surface area contributed by atoms with Crippen molar-refractivity contribution in [1.29, 1.82) is 0 Å². The molecular formula is C17H14N2OS2. The Morgan fingerprint density at radius 3 is 2.77 bits per heavy atom. The lowest BCUT2D eigenvalue weighted by Crippen LogP contribution is -2.25. The number of rotatable bonds is 3. The van der Waals surface area contributed by atoms with Crippen molar-refractivity contribution in [3.05, 3.63) is 65.0 Å². The van der Waals surface area contributed by atoms with Crippen molar-refractivity contribution in [3.8, 4) is 0 Å². The summed E-state index contributed by atoms with van der Waals surface area (Å²) < 4.78 is 1.88. The van der Waals surface area contributed by atoms with Gasteiger partial charge in [-0.2, -0.15) is 0 Å². The molecule has 5 heteroatoms. The lowest BCUT2D eigenvalue weighted by Gasteiger charge is -2.13. The molecule has 0 saturated heterocycles. The number of hydrogen-bond acceptors (Lipinski definition) is 4. The highest BCUT2D eigenvalue weighted by molar-refractivity contribution is 8.00. The molecule has 3 nitrogen and oxygen atoms in total. The molecule has 1 atom stereocenters. The van der Waals surface area contributed by atoms with E-state index in [0.717, 1.165) is 22.2 Å². The number of nitrogens with zero attached hydrogens (tertiary/aromatic N) is 2. The predicted octanol–water partition coefficient (Wildman–Crippen LogP) is 3.84.